The van der Waals surface area contributed by atoms with Gasteiger partial charge in [0.2, 0.25) is 0 Å². The highest BCUT2D eigenvalue weighted by Gasteiger charge is 2.28. The molecule has 0 aliphatic rings. The lowest BCUT2D eigenvalue weighted by atomic mass is 9.95. The van der Waals surface area contributed by atoms with Crippen LogP contribution in [0.4, 0.5) is 0 Å². The number of esters is 1. The highest BCUT2D eigenvalue weighted by atomic mass is 16.5. The van der Waals surface area contributed by atoms with Crippen LogP contribution < -0.4 is 5.11 Å². The molecule has 0 amide bonds. The van der Waals surface area contributed by atoms with Gasteiger partial charge in [-0.15, -0.1) is 0 Å². The van der Waals surface area contributed by atoms with Crippen LogP contribution >= 0.6 is 0 Å². The van der Waals surface area contributed by atoms with E-state index in [-0.39, 0.29) is 12.2 Å². The van der Waals surface area contributed by atoms with Crippen LogP contribution in [0.15, 0.2) is 30.3 Å². The summed E-state index contributed by atoms with van der Waals surface area (Å²) >= 11 is 0. The summed E-state index contributed by atoms with van der Waals surface area (Å²) in [5, 5.41) is 10.6. The number of Topliss-reactive ketones (excluding diaryl/α,β-unsaturated/α-hetero) is 1. The van der Waals surface area contributed by atoms with Gasteiger partial charge in [0.15, 0.2) is 5.78 Å². The topological polar surface area (TPSA) is 83.5 Å². The fourth-order valence-corrected chi connectivity index (χ4v) is 1.50. The Hall–Kier alpha value is -2.17. The summed E-state index contributed by atoms with van der Waals surface area (Å²) in [6.45, 7) is 1.67. The van der Waals surface area contributed by atoms with Crippen LogP contribution in [-0.2, 0) is 14.3 Å². The van der Waals surface area contributed by atoms with E-state index in [4.69, 9.17) is 4.74 Å². The van der Waals surface area contributed by atoms with Gasteiger partial charge in [0, 0.05) is 18.0 Å². The second-order valence-corrected chi connectivity index (χ2v) is 3.61. The predicted octanol–water partition coefficient (Wildman–Crippen LogP) is 0.189. The lowest BCUT2D eigenvalue weighted by Crippen LogP contribution is -2.34. The second kappa shape index (κ2) is 6.54. The zero-order valence-electron chi connectivity index (χ0n) is 9.92. The van der Waals surface area contributed by atoms with Gasteiger partial charge in [-0.25, -0.2) is 0 Å². The average molecular weight is 249 g/mol. The van der Waals surface area contributed by atoms with Gasteiger partial charge in [0.1, 0.15) is 5.92 Å². The normalized spacial score (nSPS) is 11.6. The number of hydrogen-bond donors (Lipinski definition) is 0. The maximum Gasteiger partial charge on any atom is 0.317 e. The van der Waals surface area contributed by atoms with Crippen molar-refractivity contribution in [1.29, 1.82) is 0 Å². The molecule has 0 bridgehead atoms. The minimum atomic E-state index is -1.46. The summed E-state index contributed by atoms with van der Waals surface area (Å²) in [7, 11) is 0. The number of carboxylic acid groups (broad SMARTS) is 1. The van der Waals surface area contributed by atoms with Crippen LogP contribution in [0.5, 0.6) is 0 Å². The molecule has 1 aromatic rings. The number of carbonyl (C=O) groups excluding carboxylic acids is 3. The zero-order valence-corrected chi connectivity index (χ0v) is 9.92. The molecule has 0 saturated carbocycles. The number of ketones is 1. The van der Waals surface area contributed by atoms with Crippen molar-refractivity contribution in [2.45, 2.75) is 13.3 Å². The molecule has 0 aromatic heterocycles. The van der Waals surface area contributed by atoms with Crippen molar-refractivity contribution in [3.8, 4) is 0 Å². The smallest absolute Gasteiger partial charge is 0.317 e. The van der Waals surface area contributed by atoms with Crippen molar-refractivity contribution >= 4 is 17.7 Å². The Balaban J connectivity index is 2.92. The first-order chi connectivity index (χ1) is 8.56. The molecule has 0 radical (unpaired) electrons. The summed E-state index contributed by atoms with van der Waals surface area (Å²) in [5.74, 6) is -4.22. The lowest BCUT2D eigenvalue weighted by molar-refractivity contribution is -0.306. The van der Waals surface area contributed by atoms with Gasteiger partial charge < -0.3 is 14.6 Å². The van der Waals surface area contributed by atoms with E-state index in [1.54, 1.807) is 25.1 Å². The molecular weight excluding hydrogens is 236 g/mol. The molecule has 0 aliphatic heterocycles. The lowest BCUT2D eigenvalue weighted by Gasteiger charge is -2.14. The molecule has 1 aromatic carbocycles. The minimum Gasteiger partial charge on any atom is -0.550 e. The first-order valence-corrected chi connectivity index (χ1v) is 5.52. The largest absolute Gasteiger partial charge is 0.550 e. The van der Waals surface area contributed by atoms with Gasteiger partial charge in [-0.05, 0) is 6.92 Å². The number of benzene rings is 1. The van der Waals surface area contributed by atoms with E-state index in [9.17, 15) is 19.5 Å². The van der Waals surface area contributed by atoms with Crippen molar-refractivity contribution in [3.05, 3.63) is 35.9 Å². The van der Waals surface area contributed by atoms with Crippen LogP contribution in [0.3, 0.4) is 0 Å². The summed E-state index contributed by atoms with van der Waals surface area (Å²) in [6, 6.07) is 8.02. The quantitative estimate of drug-likeness (QED) is 0.408. The molecule has 0 fully saturated rings. The monoisotopic (exact) mass is 249 g/mol. The number of ether oxygens (including phenoxy) is 1. The maximum absolute atomic E-state index is 12.0. The standard InChI is InChI=1S/C13H14O5/c1-2-18-13(17)10(8-11(14)15)12(16)9-6-4-3-5-7-9/h3-7,10H,2,8H2,1H3,(H,14,15)/p-1. The number of carbonyl (C=O) groups is 3. The molecule has 0 N–H and O–H groups in total. The van der Waals surface area contributed by atoms with Crippen molar-refractivity contribution in [3.63, 3.8) is 0 Å². The fourth-order valence-electron chi connectivity index (χ4n) is 1.50. The van der Waals surface area contributed by atoms with Crippen molar-refractivity contribution in [2.75, 3.05) is 6.61 Å². The van der Waals surface area contributed by atoms with E-state index in [1.807, 2.05) is 0 Å². The summed E-state index contributed by atoms with van der Waals surface area (Å²) < 4.78 is 4.70. The van der Waals surface area contributed by atoms with E-state index < -0.39 is 30.1 Å². The van der Waals surface area contributed by atoms with Crippen molar-refractivity contribution in [2.24, 2.45) is 5.92 Å². The fraction of sp³-hybridized carbons (Fsp3) is 0.308. The van der Waals surface area contributed by atoms with Crippen LogP contribution in [0.25, 0.3) is 0 Å². The summed E-state index contributed by atoms with van der Waals surface area (Å²) in [4.78, 5) is 34.1. The Morgan fingerprint density at radius 1 is 1.22 bits per heavy atom. The number of carboxylic acids is 1. The Labute approximate surface area is 104 Å². The SMILES string of the molecule is CCOC(=O)C(CC(=O)[O-])C(=O)c1ccccc1. The van der Waals surface area contributed by atoms with E-state index in [2.05, 4.69) is 0 Å². The molecule has 0 spiro atoms. The Kier molecular flexibility index (Phi) is 5.05. The van der Waals surface area contributed by atoms with Gasteiger partial charge in [-0.3, -0.25) is 9.59 Å². The molecule has 1 rings (SSSR count). The molecule has 0 heterocycles. The third-order valence-corrected chi connectivity index (χ3v) is 2.32. The Morgan fingerprint density at radius 2 is 1.83 bits per heavy atom. The molecule has 0 aliphatic carbocycles. The van der Waals surface area contributed by atoms with Gasteiger partial charge in [-0.1, -0.05) is 30.3 Å². The van der Waals surface area contributed by atoms with Crippen LogP contribution in [-0.4, -0.2) is 24.3 Å². The molecule has 5 heteroatoms. The first kappa shape index (κ1) is 13.9. The highest BCUT2D eigenvalue weighted by Crippen LogP contribution is 2.14. The van der Waals surface area contributed by atoms with E-state index in [0.717, 1.165) is 0 Å². The molecule has 18 heavy (non-hydrogen) atoms. The first-order valence-electron chi connectivity index (χ1n) is 5.52. The molecule has 5 nitrogen and oxygen atoms in total. The molecule has 1 atom stereocenters. The molecular formula is C13H13O5-. The van der Waals surface area contributed by atoms with Gasteiger partial charge >= 0.3 is 5.97 Å². The summed E-state index contributed by atoms with van der Waals surface area (Å²) in [6.07, 6.45) is -0.674. The highest BCUT2D eigenvalue weighted by molar-refractivity contribution is 6.10. The van der Waals surface area contributed by atoms with Crippen molar-refractivity contribution in [1.82, 2.24) is 0 Å². The van der Waals surface area contributed by atoms with Crippen LogP contribution in [0.1, 0.15) is 23.7 Å². The Morgan fingerprint density at radius 3 is 2.33 bits per heavy atom. The van der Waals surface area contributed by atoms with Crippen LogP contribution in [0.2, 0.25) is 0 Å². The van der Waals surface area contributed by atoms with E-state index in [0.29, 0.717) is 0 Å². The van der Waals surface area contributed by atoms with Crippen LogP contribution in [0, 0.1) is 5.92 Å². The van der Waals surface area contributed by atoms with Gasteiger partial charge in [0.25, 0.3) is 0 Å². The minimum absolute atomic E-state index is 0.0877. The van der Waals surface area contributed by atoms with Crippen molar-refractivity contribution < 1.29 is 24.2 Å². The van der Waals surface area contributed by atoms with E-state index >= 15 is 0 Å². The zero-order chi connectivity index (χ0) is 13.5. The van der Waals surface area contributed by atoms with E-state index in [1.165, 1.54) is 12.1 Å². The number of aliphatic carboxylic acids is 1. The molecule has 96 valence electrons. The average Bonchev–Trinajstić information content (AvgIpc) is 2.36. The molecule has 1 unspecified atom stereocenters. The number of rotatable bonds is 6. The predicted molar refractivity (Wildman–Crippen MR) is 60.5 cm³/mol. The third kappa shape index (κ3) is 3.69. The van der Waals surface area contributed by atoms with Gasteiger partial charge in [-0.2, -0.15) is 0 Å². The Bertz CT molecular complexity index is 438. The second-order valence-electron chi connectivity index (χ2n) is 3.61. The molecule has 0 saturated heterocycles. The summed E-state index contributed by atoms with van der Waals surface area (Å²) in [5.41, 5.74) is 0.275. The third-order valence-electron chi connectivity index (χ3n) is 2.32. The van der Waals surface area contributed by atoms with Gasteiger partial charge in [0.05, 0.1) is 6.61 Å². The number of hydrogen-bond acceptors (Lipinski definition) is 5. The maximum atomic E-state index is 12.0.